The van der Waals surface area contributed by atoms with Gasteiger partial charge in [0.2, 0.25) is 5.91 Å². The van der Waals surface area contributed by atoms with Gasteiger partial charge in [-0.2, -0.15) is 12.6 Å². The molecule has 0 aromatic carbocycles. The number of H-pyrrole nitrogens is 2. The molecule has 2 amide bonds. The molecule has 4 atom stereocenters. The zero-order valence-corrected chi connectivity index (χ0v) is 26.5. The van der Waals surface area contributed by atoms with E-state index in [4.69, 9.17) is 0 Å². The molecule has 6 N–H and O–H groups in total. The first kappa shape index (κ1) is 32.7. The molecule has 2 aliphatic heterocycles. The molecule has 234 valence electrons. The van der Waals surface area contributed by atoms with Crippen molar-refractivity contribution in [2.24, 2.45) is 11.8 Å². The first-order valence-corrected chi connectivity index (χ1v) is 15.1. The Morgan fingerprint density at radius 3 is 2.36 bits per heavy atom. The van der Waals surface area contributed by atoms with Crippen LogP contribution in [0, 0.1) is 25.7 Å². The number of amides is 2. The van der Waals surface area contributed by atoms with Crippen molar-refractivity contribution in [1.82, 2.24) is 20.6 Å². The molecule has 4 rings (SSSR count). The maximum atomic E-state index is 12.5. The van der Waals surface area contributed by atoms with Crippen LogP contribution in [0.25, 0.3) is 12.2 Å². The third kappa shape index (κ3) is 6.62. The summed E-state index contributed by atoms with van der Waals surface area (Å²) < 4.78 is 0. The van der Waals surface area contributed by atoms with Crippen LogP contribution >= 0.6 is 12.6 Å². The van der Waals surface area contributed by atoms with Crippen molar-refractivity contribution < 1.29 is 29.4 Å². The summed E-state index contributed by atoms with van der Waals surface area (Å²) in [5.74, 6) is -2.58. The minimum absolute atomic E-state index is 0.0566. The van der Waals surface area contributed by atoms with Crippen LogP contribution < -0.4 is 10.6 Å². The molecule has 0 unspecified atom stereocenters. The summed E-state index contributed by atoms with van der Waals surface area (Å²) in [6.45, 7) is 13.3. The Bertz CT molecular complexity index is 1620. The quantitative estimate of drug-likeness (QED) is 0.139. The molecule has 4 heterocycles. The van der Waals surface area contributed by atoms with E-state index in [-0.39, 0.29) is 41.4 Å². The highest BCUT2D eigenvalue weighted by Crippen LogP contribution is 2.35. The molecule has 11 heteroatoms. The molecule has 0 aliphatic carbocycles. The zero-order chi connectivity index (χ0) is 32.5. The largest absolute Gasteiger partial charge is 0.481 e. The second-order valence-corrected chi connectivity index (χ2v) is 12.5. The number of rotatable bonds is 12. The highest BCUT2D eigenvalue weighted by atomic mass is 32.1. The summed E-state index contributed by atoms with van der Waals surface area (Å²) in [5.41, 5.74) is 8.68. The normalized spacial score (nSPS) is 21.8. The van der Waals surface area contributed by atoms with E-state index in [9.17, 15) is 29.4 Å². The van der Waals surface area contributed by atoms with E-state index < -0.39 is 11.9 Å². The van der Waals surface area contributed by atoms with Gasteiger partial charge in [-0.05, 0) is 67.2 Å². The van der Waals surface area contributed by atoms with Crippen LogP contribution in [0.15, 0.2) is 35.6 Å². The van der Waals surface area contributed by atoms with Crippen molar-refractivity contribution in [3.05, 3.63) is 80.6 Å². The van der Waals surface area contributed by atoms with Crippen LogP contribution in [-0.4, -0.2) is 55.2 Å². The van der Waals surface area contributed by atoms with Crippen LogP contribution in [0.2, 0.25) is 0 Å². The molecule has 2 aromatic heterocycles. The van der Waals surface area contributed by atoms with Gasteiger partial charge in [0.05, 0.1) is 6.04 Å². The van der Waals surface area contributed by atoms with Gasteiger partial charge in [-0.1, -0.05) is 26.5 Å². The Hall–Kier alpha value is -4.25. The number of aromatic amines is 2. The number of carboxylic acids is 2. The molecule has 0 radical (unpaired) electrons. The van der Waals surface area contributed by atoms with Crippen molar-refractivity contribution in [3.63, 3.8) is 0 Å². The fraction of sp³-hybridized carbons (Fsp3) is 0.394. The molecule has 2 aliphatic rings. The number of allylic oxidation sites excluding steroid dienone is 1. The minimum Gasteiger partial charge on any atom is -0.481 e. The van der Waals surface area contributed by atoms with E-state index in [1.165, 1.54) is 0 Å². The van der Waals surface area contributed by atoms with Gasteiger partial charge in [-0.25, -0.2) is 4.79 Å². The summed E-state index contributed by atoms with van der Waals surface area (Å²) in [5, 5.41) is 24.7. The van der Waals surface area contributed by atoms with E-state index in [1.54, 1.807) is 12.2 Å². The molecular formula is C33H40N4O6S. The van der Waals surface area contributed by atoms with Gasteiger partial charge in [0.25, 0.3) is 5.91 Å². The number of hydrogen-bond donors (Lipinski definition) is 7. The van der Waals surface area contributed by atoms with Crippen molar-refractivity contribution in [2.45, 2.75) is 71.6 Å². The molecule has 0 saturated carbocycles. The minimum atomic E-state index is -1.08. The number of hydrogen-bond acceptors (Lipinski definition) is 5. The lowest BCUT2D eigenvalue weighted by Crippen LogP contribution is -2.30. The van der Waals surface area contributed by atoms with Gasteiger partial charge in [-0.15, -0.1) is 0 Å². The SMILES string of the molecule is C=CC1=C(C)[C@@H](Cc2[nH]c(Cc3[nH]c(/C=C4\NC(=O)[C@H](C)[C@H]4[C@@H](C)S)c(C)c3/C=C/C(=O)O)c(CCC(=O)O)c2C)NC1=O. The summed E-state index contributed by atoms with van der Waals surface area (Å²) in [6, 6.07) is -0.223. The van der Waals surface area contributed by atoms with E-state index in [0.29, 0.717) is 30.4 Å². The second-order valence-electron chi connectivity index (χ2n) is 11.7. The smallest absolute Gasteiger partial charge is 0.328 e. The third-order valence-electron chi connectivity index (χ3n) is 8.83. The summed E-state index contributed by atoms with van der Waals surface area (Å²) in [6.07, 6.45) is 7.17. The maximum Gasteiger partial charge on any atom is 0.328 e. The lowest BCUT2D eigenvalue weighted by molar-refractivity contribution is -0.137. The van der Waals surface area contributed by atoms with Gasteiger partial charge < -0.3 is 30.8 Å². The van der Waals surface area contributed by atoms with Crippen molar-refractivity contribution in [2.75, 3.05) is 0 Å². The molecule has 0 spiro atoms. The van der Waals surface area contributed by atoms with Gasteiger partial charge >= 0.3 is 11.9 Å². The average molecular weight is 621 g/mol. The number of thiol groups is 1. The van der Waals surface area contributed by atoms with E-state index in [2.05, 4.69) is 39.8 Å². The topological polar surface area (TPSA) is 164 Å². The Kier molecular flexibility index (Phi) is 9.78. The average Bonchev–Trinajstić information content (AvgIpc) is 3.59. The fourth-order valence-electron chi connectivity index (χ4n) is 6.33. The van der Waals surface area contributed by atoms with E-state index in [0.717, 1.165) is 56.8 Å². The summed E-state index contributed by atoms with van der Waals surface area (Å²) in [4.78, 5) is 54.9. The summed E-state index contributed by atoms with van der Waals surface area (Å²) in [7, 11) is 0. The Morgan fingerprint density at radius 1 is 1.07 bits per heavy atom. The zero-order valence-electron chi connectivity index (χ0n) is 25.6. The van der Waals surface area contributed by atoms with Crippen LogP contribution in [0.3, 0.4) is 0 Å². The van der Waals surface area contributed by atoms with E-state index >= 15 is 0 Å². The fourth-order valence-corrected chi connectivity index (χ4v) is 6.75. The number of nitrogens with one attached hydrogen (secondary N) is 4. The van der Waals surface area contributed by atoms with Gasteiger partial charge in [0, 0.05) is 76.5 Å². The van der Waals surface area contributed by atoms with Crippen LogP contribution in [-0.2, 0) is 38.4 Å². The van der Waals surface area contributed by atoms with Gasteiger partial charge in [-0.3, -0.25) is 14.4 Å². The Morgan fingerprint density at radius 2 is 1.77 bits per heavy atom. The van der Waals surface area contributed by atoms with Gasteiger partial charge in [0.15, 0.2) is 0 Å². The monoisotopic (exact) mass is 620 g/mol. The predicted octanol–water partition coefficient (Wildman–Crippen LogP) is 4.25. The molecule has 1 fully saturated rings. The molecular weight excluding hydrogens is 580 g/mol. The highest BCUT2D eigenvalue weighted by Gasteiger charge is 2.37. The van der Waals surface area contributed by atoms with Crippen molar-refractivity contribution in [3.8, 4) is 0 Å². The maximum absolute atomic E-state index is 12.5. The molecule has 0 bridgehead atoms. The van der Waals surface area contributed by atoms with Crippen molar-refractivity contribution >= 4 is 48.5 Å². The molecule has 10 nitrogen and oxygen atoms in total. The lowest BCUT2D eigenvalue weighted by atomic mass is 9.91. The van der Waals surface area contributed by atoms with Crippen LogP contribution in [0.5, 0.6) is 0 Å². The Labute approximate surface area is 262 Å². The molecule has 1 saturated heterocycles. The number of aromatic nitrogens is 2. The van der Waals surface area contributed by atoms with Gasteiger partial charge in [0.1, 0.15) is 0 Å². The first-order chi connectivity index (χ1) is 20.7. The van der Waals surface area contributed by atoms with Crippen LogP contribution in [0.4, 0.5) is 0 Å². The number of aliphatic carboxylic acids is 2. The highest BCUT2D eigenvalue weighted by molar-refractivity contribution is 7.80. The van der Waals surface area contributed by atoms with Crippen molar-refractivity contribution in [1.29, 1.82) is 0 Å². The Balaban J connectivity index is 1.77. The second kappa shape index (κ2) is 13.2. The lowest BCUT2D eigenvalue weighted by Gasteiger charge is -2.17. The van der Waals surface area contributed by atoms with Crippen LogP contribution in [0.1, 0.15) is 72.2 Å². The number of carbonyl (C=O) groups excluding carboxylic acids is 2. The molecule has 2 aromatic rings. The first-order valence-electron chi connectivity index (χ1n) is 14.6. The summed E-state index contributed by atoms with van der Waals surface area (Å²) >= 11 is 4.62. The standard InChI is InChI=1S/C33H40N4O6S/c1-7-20-15(2)25(36-33(20)43)12-23-16(3)21(8-10-29(38)39)26(34-23)14-27-22(9-11-30(40)41)17(4)24(35-27)13-28-31(19(6)44)18(5)32(42)37-28/h7,9,11,13,18-19,25,31,34-35,44H,1,8,10,12,14H2,2-6H3,(H,36,43)(H,37,42)(H,38,39)(H,40,41)/b11-9+,28-13-/t18-,19-,25-,31+/m1/s1. The predicted molar refractivity (Wildman–Crippen MR) is 172 cm³/mol. The molecule has 44 heavy (non-hydrogen) atoms. The third-order valence-corrected chi connectivity index (χ3v) is 9.15. The number of carboxylic acid groups (broad SMARTS) is 2. The number of carbonyl (C=O) groups is 4. The van der Waals surface area contributed by atoms with E-state index in [1.807, 2.05) is 40.7 Å².